The summed E-state index contributed by atoms with van der Waals surface area (Å²) in [5.74, 6) is 0.125. The van der Waals surface area contributed by atoms with Gasteiger partial charge in [0.15, 0.2) is 6.23 Å². The van der Waals surface area contributed by atoms with Crippen molar-refractivity contribution in [3.8, 4) is 0 Å². The van der Waals surface area contributed by atoms with E-state index in [4.69, 9.17) is 27.9 Å². The van der Waals surface area contributed by atoms with Crippen LogP contribution in [0.3, 0.4) is 0 Å². The molecule has 0 amide bonds. The standard InChI is InChI=1S/C23H24Cl2N2O2S/c1-4-5-20(28)29-19-9-8-18-23(30-14-6-7-15(24)16(25)12-14)21-17(27(18)19)10-11-26-22(21)13(2)3/h6-7,10-13,19H,4-5,8-9H2,1-3H3. The highest BCUT2D eigenvalue weighted by atomic mass is 35.5. The first-order chi connectivity index (χ1) is 14.4. The lowest BCUT2D eigenvalue weighted by atomic mass is 10.1. The van der Waals surface area contributed by atoms with E-state index in [2.05, 4.69) is 23.4 Å². The predicted molar refractivity (Wildman–Crippen MR) is 123 cm³/mol. The van der Waals surface area contributed by atoms with Gasteiger partial charge in [0.25, 0.3) is 0 Å². The van der Waals surface area contributed by atoms with Gasteiger partial charge >= 0.3 is 5.97 Å². The van der Waals surface area contributed by atoms with Gasteiger partial charge in [0.2, 0.25) is 0 Å². The molecule has 0 saturated heterocycles. The molecule has 1 aliphatic rings. The van der Waals surface area contributed by atoms with Gasteiger partial charge < -0.3 is 9.30 Å². The summed E-state index contributed by atoms with van der Waals surface area (Å²) in [4.78, 5) is 19.1. The molecule has 0 N–H and O–H groups in total. The summed E-state index contributed by atoms with van der Waals surface area (Å²) in [5.41, 5.74) is 3.30. The summed E-state index contributed by atoms with van der Waals surface area (Å²) in [6, 6.07) is 7.72. The van der Waals surface area contributed by atoms with E-state index in [-0.39, 0.29) is 18.1 Å². The number of nitrogens with zero attached hydrogens (tertiary/aromatic N) is 2. The smallest absolute Gasteiger partial charge is 0.307 e. The summed E-state index contributed by atoms with van der Waals surface area (Å²) in [6.07, 6.45) is 4.43. The lowest BCUT2D eigenvalue weighted by Crippen LogP contribution is -2.14. The fourth-order valence-electron chi connectivity index (χ4n) is 3.98. The molecule has 0 fully saturated rings. The SMILES string of the molecule is CCCC(=O)OC1CCc2c(Sc3ccc(Cl)c(Cl)c3)c3c(C(C)C)nccc3n21. The summed E-state index contributed by atoms with van der Waals surface area (Å²) in [7, 11) is 0. The first-order valence-electron chi connectivity index (χ1n) is 10.2. The number of aromatic nitrogens is 2. The maximum Gasteiger partial charge on any atom is 0.307 e. The Hall–Kier alpha value is -1.69. The Morgan fingerprint density at radius 2 is 2.10 bits per heavy atom. The quantitative estimate of drug-likeness (QED) is 0.357. The van der Waals surface area contributed by atoms with Crippen molar-refractivity contribution in [1.29, 1.82) is 0 Å². The van der Waals surface area contributed by atoms with Crippen LogP contribution in [0.2, 0.25) is 10.0 Å². The number of carbonyl (C=O) groups is 1. The van der Waals surface area contributed by atoms with Gasteiger partial charge in [-0.25, -0.2) is 0 Å². The van der Waals surface area contributed by atoms with Gasteiger partial charge in [-0.2, -0.15) is 0 Å². The summed E-state index contributed by atoms with van der Waals surface area (Å²) >= 11 is 14.0. The molecule has 0 spiro atoms. The van der Waals surface area contributed by atoms with Crippen LogP contribution in [0.4, 0.5) is 0 Å². The predicted octanol–water partition coefficient (Wildman–Crippen LogP) is 7.41. The zero-order valence-corrected chi connectivity index (χ0v) is 19.6. The van der Waals surface area contributed by atoms with Crippen molar-refractivity contribution in [2.75, 3.05) is 0 Å². The zero-order chi connectivity index (χ0) is 21.4. The fraction of sp³-hybridized carbons (Fsp3) is 0.391. The number of hydrogen-bond acceptors (Lipinski definition) is 4. The van der Waals surface area contributed by atoms with Crippen molar-refractivity contribution >= 4 is 51.8 Å². The first kappa shape index (κ1) is 21.5. The Balaban J connectivity index is 1.85. The minimum absolute atomic E-state index is 0.144. The van der Waals surface area contributed by atoms with E-state index in [1.165, 1.54) is 5.69 Å². The van der Waals surface area contributed by atoms with Gasteiger partial charge in [-0.1, -0.05) is 55.7 Å². The van der Waals surface area contributed by atoms with E-state index in [1.807, 2.05) is 37.4 Å². The zero-order valence-electron chi connectivity index (χ0n) is 17.2. The van der Waals surface area contributed by atoms with Gasteiger partial charge in [0, 0.05) is 39.9 Å². The van der Waals surface area contributed by atoms with Gasteiger partial charge in [-0.3, -0.25) is 9.78 Å². The highest BCUT2D eigenvalue weighted by molar-refractivity contribution is 7.99. The first-order valence-corrected chi connectivity index (χ1v) is 11.8. The molecule has 3 heterocycles. The number of benzene rings is 1. The number of hydrogen-bond donors (Lipinski definition) is 0. The van der Waals surface area contributed by atoms with E-state index >= 15 is 0 Å². The van der Waals surface area contributed by atoms with Crippen molar-refractivity contribution < 1.29 is 9.53 Å². The fourth-order valence-corrected chi connectivity index (χ4v) is 5.53. The number of fused-ring (bicyclic) bond motifs is 3. The molecule has 30 heavy (non-hydrogen) atoms. The number of rotatable bonds is 6. The van der Waals surface area contributed by atoms with Crippen LogP contribution in [0.25, 0.3) is 10.9 Å². The van der Waals surface area contributed by atoms with Crippen molar-refractivity contribution in [2.45, 2.75) is 68.4 Å². The van der Waals surface area contributed by atoms with E-state index in [0.29, 0.717) is 16.5 Å². The third kappa shape index (κ3) is 3.95. The normalized spacial score (nSPS) is 15.7. The molecule has 1 atom stereocenters. The number of halogens is 2. The van der Waals surface area contributed by atoms with Crippen molar-refractivity contribution in [3.63, 3.8) is 0 Å². The van der Waals surface area contributed by atoms with Gasteiger partial charge in [-0.15, -0.1) is 0 Å². The molecule has 158 valence electrons. The lowest BCUT2D eigenvalue weighted by Gasteiger charge is -2.16. The average Bonchev–Trinajstić information content (AvgIpc) is 3.24. The Labute approximate surface area is 190 Å². The second-order valence-corrected chi connectivity index (χ2v) is 9.70. The second kappa shape index (κ2) is 8.81. The number of pyridine rings is 1. The molecule has 2 aromatic heterocycles. The third-order valence-electron chi connectivity index (χ3n) is 5.29. The largest absolute Gasteiger partial charge is 0.441 e. The molecule has 0 saturated carbocycles. The number of carbonyl (C=O) groups excluding carboxylic acids is 1. The summed E-state index contributed by atoms with van der Waals surface area (Å²) < 4.78 is 8.03. The van der Waals surface area contributed by atoms with Crippen molar-refractivity contribution in [1.82, 2.24) is 9.55 Å². The molecule has 1 aromatic carbocycles. The maximum absolute atomic E-state index is 12.2. The molecule has 0 aliphatic carbocycles. The van der Waals surface area contributed by atoms with E-state index in [1.54, 1.807) is 11.8 Å². The molecule has 1 unspecified atom stereocenters. The molecule has 4 rings (SSSR count). The molecule has 4 nitrogen and oxygen atoms in total. The van der Waals surface area contributed by atoms with Crippen LogP contribution in [0.15, 0.2) is 40.3 Å². The topological polar surface area (TPSA) is 44.1 Å². The monoisotopic (exact) mass is 462 g/mol. The summed E-state index contributed by atoms with van der Waals surface area (Å²) in [5, 5.41) is 2.21. The van der Waals surface area contributed by atoms with Crippen LogP contribution in [0.1, 0.15) is 63.6 Å². The van der Waals surface area contributed by atoms with E-state index < -0.39 is 0 Å². The van der Waals surface area contributed by atoms with E-state index in [9.17, 15) is 4.79 Å². The number of esters is 1. The highest BCUT2D eigenvalue weighted by Crippen LogP contribution is 2.47. The molecular formula is C23H24Cl2N2O2S. The van der Waals surface area contributed by atoms with Crippen molar-refractivity contribution in [2.24, 2.45) is 0 Å². The molecule has 0 radical (unpaired) electrons. The summed E-state index contributed by atoms with van der Waals surface area (Å²) in [6.45, 7) is 6.28. The van der Waals surface area contributed by atoms with Crippen LogP contribution in [0.5, 0.6) is 0 Å². The molecular weight excluding hydrogens is 439 g/mol. The molecule has 0 bridgehead atoms. The van der Waals surface area contributed by atoms with Crippen LogP contribution < -0.4 is 0 Å². The minimum atomic E-state index is -0.271. The molecule has 1 aliphatic heterocycles. The number of ether oxygens (including phenoxy) is 1. The minimum Gasteiger partial charge on any atom is -0.441 e. The molecule has 7 heteroatoms. The second-order valence-electron chi connectivity index (χ2n) is 7.80. The third-order valence-corrected chi connectivity index (χ3v) is 7.17. The lowest BCUT2D eigenvalue weighted by molar-refractivity contribution is -0.153. The van der Waals surface area contributed by atoms with E-state index in [0.717, 1.165) is 45.7 Å². The van der Waals surface area contributed by atoms with Crippen molar-refractivity contribution in [3.05, 3.63) is 51.9 Å². The Bertz CT molecular complexity index is 1110. The Morgan fingerprint density at radius 1 is 1.30 bits per heavy atom. The van der Waals surface area contributed by atoms with Crippen LogP contribution in [0, 0.1) is 0 Å². The molecule has 3 aromatic rings. The van der Waals surface area contributed by atoms with Gasteiger partial charge in [0.05, 0.1) is 21.3 Å². The Morgan fingerprint density at radius 3 is 2.80 bits per heavy atom. The average molecular weight is 463 g/mol. The van der Waals surface area contributed by atoms with Crippen LogP contribution >= 0.6 is 35.0 Å². The van der Waals surface area contributed by atoms with Crippen LogP contribution in [-0.4, -0.2) is 15.5 Å². The Kier molecular flexibility index (Phi) is 6.33. The maximum atomic E-state index is 12.2. The van der Waals surface area contributed by atoms with Gasteiger partial charge in [-0.05, 0) is 43.0 Å². The highest BCUT2D eigenvalue weighted by Gasteiger charge is 2.32. The van der Waals surface area contributed by atoms with Gasteiger partial charge in [0.1, 0.15) is 0 Å². The van der Waals surface area contributed by atoms with Crippen LogP contribution in [-0.2, 0) is 16.0 Å².